The molecule has 0 aliphatic carbocycles. The third-order valence-electron chi connectivity index (χ3n) is 3.06. The van der Waals surface area contributed by atoms with Gasteiger partial charge in [0.15, 0.2) is 0 Å². The van der Waals surface area contributed by atoms with E-state index in [1.54, 1.807) is 13.3 Å². The van der Waals surface area contributed by atoms with E-state index in [9.17, 15) is 0 Å². The lowest BCUT2D eigenvalue weighted by atomic mass is 10.1. The maximum atomic E-state index is 5.80. The molecule has 0 radical (unpaired) electrons. The molecule has 0 amide bonds. The van der Waals surface area contributed by atoms with Gasteiger partial charge in [-0.1, -0.05) is 12.2 Å². The topological polar surface area (TPSA) is 73.1 Å². The van der Waals surface area contributed by atoms with Crippen LogP contribution < -0.4 is 15.8 Å². The first-order valence-corrected chi connectivity index (χ1v) is 6.93. The molecule has 0 atom stereocenters. The molecule has 0 bridgehead atoms. The van der Waals surface area contributed by atoms with Gasteiger partial charge in [0, 0.05) is 24.5 Å². The van der Waals surface area contributed by atoms with Crippen LogP contribution in [0.15, 0.2) is 24.4 Å². The first-order valence-electron chi connectivity index (χ1n) is 6.52. The zero-order valence-corrected chi connectivity index (χ0v) is 13.1. The van der Waals surface area contributed by atoms with Crippen molar-refractivity contribution < 1.29 is 4.74 Å². The van der Waals surface area contributed by atoms with Crippen LogP contribution in [0.4, 0.5) is 5.82 Å². The van der Waals surface area contributed by atoms with Crippen molar-refractivity contribution in [3.05, 3.63) is 46.8 Å². The summed E-state index contributed by atoms with van der Waals surface area (Å²) in [6.07, 6.45) is 1.71. The Balaban J connectivity index is 2.25. The Morgan fingerprint density at radius 1 is 1.38 bits per heavy atom. The molecule has 21 heavy (non-hydrogen) atoms. The standard InChI is InChI=1S/C15H18N4OS/c1-9-6-10(2)19-15(13(9)14(16)21)18-8-11-4-5-17-12(7-11)20-3/h4-7H,8H2,1-3H3,(H2,16,21)(H,18,19). The number of nitrogens with zero attached hydrogens (tertiary/aromatic N) is 2. The smallest absolute Gasteiger partial charge is 0.213 e. The zero-order chi connectivity index (χ0) is 15.4. The SMILES string of the molecule is COc1cc(CNc2nc(C)cc(C)c2C(N)=S)ccn1. The van der Waals surface area contributed by atoms with Crippen molar-refractivity contribution >= 4 is 23.0 Å². The molecule has 2 aromatic rings. The number of ether oxygens (including phenoxy) is 1. The molecule has 0 fully saturated rings. The minimum Gasteiger partial charge on any atom is -0.481 e. The molecular formula is C15H18N4OS. The van der Waals surface area contributed by atoms with Crippen molar-refractivity contribution in [2.75, 3.05) is 12.4 Å². The van der Waals surface area contributed by atoms with Crippen LogP contribution in [-0.4, -0.2) is 22.1 Å². The monoisotopic (exact) mass is 302 g/mol. The van der Waals surface area contributed by atoms with Gasteiger partial charge in [0.2, 0.25) is 5.88 Å². The summed E-state index contributed by atoms with van der Waals surface area (Å²) in [4.78, 5) is 8.91. The highest BCUT2D eigenvalue weighted by Gasteiger charge is 2.11. The minimum atomic E-state index is 0.342. The normalized spacial score (nSPS) is 10.2. The van der Waals surface area contributed by atoms with Crippen molar-refractivity contribution in [1.82, 2.24) is 9.97 Å². The Morgan fingerprint density at radius 3 is 2.81 bits per heavy atom. The van der Waals surface area contributed by atoms with E-state index in [1.807, 2.05) is 32.0 Å². The average Bonchev–Trinajstić information content (AvgIpc) is 2.44. The van der Waals surface area contributed by atoms with E-state index in [2.05, 4.69) is 15.3 Å². The van der Waals surface area contributed by atoms with Crippen LogP contribution in [0, 0.1) is 13.8 Å². The molecule has 0 spiro atoms. The van der Waals surface area contributed by atoms with Crippen LogP contribution >= 0.6 is 12.2 Å². The molecule has 5 nitrogen and oxygen atoms in total. The fraction of sp³-hybridized carbons (Fsp3) is 0.267. The highest BCUT2D eigenvalue weighted by molar-refractivity contribution is 7.80. The quantitative estimate of drug-likeness (QED) is 0.826. The van der Waals surface area contributed by atoms with Crippen molar-refractivity contribution in [2.24, 2.45) is 5.73 Å². The third-order valence-corrected chi connectivity index (χ3v) is 3.26. The second-order valence-electron chi connectivity index (χ2n) is 4.73. The molecule has 2 aromatic heterocycles. The fourth-order valence-electron chi connectivity index (χ4n) is 2.13. The first kappa shape index (κ1) is 15.2. The van der Waals surface area contributed by atoms with Crippen molar-refractivity contribution in [1.29, 1.82) is 0 Å². The Hall–Kier alpha value is -2.21. The number of hydrogen-bond donors (Lipinski definition) is 2. The summed E-state index contributed by atoms with van der Waals surface area (Å²) in [5, 5.41) is 3.28. The minimum absolute atomic E-state index is 0.342. The van der Waals surface area contributed by atoms with Crippen LogP contribution in [0.25, 0.3) is 0 Å². The summed E-state index contributed by atoms with van der Waals surface area (Å²) in [6.45, 7) is 4.51. The Labute approximate surface area is 129 Å². The van der Waals surface area contributed by atoms with Gasteiger partial charge in [0.25, 0.3) is 0 Å². The van der Waals surface area contributed by atoms with E-state index in [0.29, 0.717) is 23.2 Å². The molecule has 0 saturated heterocycles. The Bertz CT molecular complexity index is 673. The number of pyridine rings is 2. The van der Waals surface area contributed by atoms with Gasteiger partial charge in [0.05, 0.1) is 12.7 Å². The summed E-state index contributed by atoms with van der Waals surface area (Å²) >= 11 is 5.12. The number of aryl methyl sites for hydroxylation is 2. The molecule has 110 valence electrons. The Morgan fingerprint density at radius 2 is 2.14 bits per heavy atom. The number of hydrogen-bond acceptors (Lipinski definition) is 5. The molecule has 0 aliphatic rings. The number of nitrogens with two attached hydrogens (primary N) is 1. The number of methoxy groups -OCH3 is 1. The number of nitrogens with one attached hydrogen (secondary N) is 1. The van der Waals surface area contributed by atoms with Gasteiger partial charge in [0.1, 0.15) is 10.8 Å². The van der Waals surface area contributed by atoms with Crippen molar-refractivity contribution in [2.45, 2.75) is 20.4 Å². The van der Waals surface area contributed by atoms with Gasteiger partial charge in [-0.15, -0.1) is 0 Å². The Kier molecular flexibility index (Phi) is 4.70. The van der Waals surface area contributed by atoms with E-state index in [-0.39, 0.29) is 0 Å². The maximum absolute atomic E-state index is 5.80. The lowest BCUT2D eigenvalue weighted by Crippen LogP contribution is -2.16. The molecule has 3 N–H and O–H groups in total. The van der Waals surface area contributed by atoms with E-state index >= 15 is 0 Å². The average molecular weight is 302 g/mol. The lowest BCUT2D eigenvalue weighted by molar-refractivity contribution is 0.397. The van der Waals surface area contributed by atoms with Crippen molar-refractivity contribution in [3.63, 3.8) is 0 Å². The first-order chi connectivity index (χ1) is 10.0. The summed E-state index contributed by atoms with van der Waals surface area (Å²) in [6, 6.07) is 5.75. The van der Waals surface area contributed by atoms with Crippen LogP contribution in [-0.2, 0) is 6.54 Å². The van der Waals surface area contributed by atoms with Gasteiger partial charge in [-0.25, -0.2) is 9.97 Å². The largest absolute Gasteiger partial charge is 0.481 e. The molecule has 0 aromatic carbocycles. The van der Waals surface area contributed by atoms with Gasteiger partial charge < -0.3 is 15.8 Å². The van der Waals surface area contributed by atoms with Crippen LogP contribution in [0.5, 0.6) is 5.88 Å². The molecule has 2 rings (SSSR count). The molecular weight excluding hydrogens is 284 g/mol. The highest BCUT2D eigenvalue weighted by Crippen LogP contribution is 2.20. The van der Waals surface area contributed by atoms with E-state index in [0.717, 1.165) is 22.4 Å². The highest BCUT2D eigenvalue weighted by atomic mass is 32.1. The van der Waals surface area contributed by atoms with Gasteiger partial charge in [-0.3, -0.25) is 0 Å². The fourth-order valence-corrected chi connectivity index (χ4v) is 2.39. The van der Waals surface area contributed by atoms with E-state index in [4.69, 9.17) is 22.7 Å². The number of thiocarbonyl (C=S) groups is 1. The van der Waals surface area contributed by atoms with Gasteiger partial charge >= 0.3 is 0 Å². The van der Waals surface area contributed by atoms with E-state index in [1.165, 1.54) is 0 Å². The third kappa shape index (κ3) is 3.66. The van der Waals surface area contributed by atoms with Gasteiger partial charge in [-0.05, 0) is 37.1 Å². The van der Waals surface area contributed by atoms with Gasteiger partial charge in [-0.2, -0.15) is 0 Å². The molecule has 6 heteroatoms. The second-order valence-corrected chi connectivity index (χ2v) is 5.17. The number of anilines is 1. The molecule has 0 unspecified atom stereocenters. The van der Waals surface area contributed by atoms with E-state index < -0.39 is 0 Å². The van der Waals surface area contributed by atoms with Crippen molar-refractivity contribution in [3.8, 4) is 5.88 Å². The summed E-state index contributed by atoms with van der Waals surface area (Å²) in [5.41, 5.74) is 9.57. The lowest BCUT2D eigenvalue weighted by Gasteiger charge is -2.14. The predicted molar refractivity (Wildman–Crippen MR) is 87.7 cm³/mol. The summed E-state index contributed by atoms with van der Waals surface area (Å²) in [7, 11) is 1.59. The van der Waals surface area contributed by atoms with Crippen LogP contribution in [0.1, 0.15) is 22.4 Å². The zero-order valence-electron chi connectivity index (χ0n) is 12.3. The van der Waals surface area contributed by atoms with Crippen LogP contribution in [0.2, 0.25) is 0 Å². The molecule has 0 aliphatic heterocycles. The summed E-state index contributed by atoms with van der Waals surface area (Å²) < 4.78 is 5.11. The number of rotatable bonds is 5. The summed E-state index contributed by atoms with van der Waals surface area (Å²) in [5.74, 6) is 1.29. The number of aromatic nitrogens is 2. The second kappa shape index (κ2) is 6.49. The van der Waals surface area contributed by atoms with Crippen LogP contribution in [0.3, 0.4) is 0 Å². The molecule has 2 heterocycles. The predicted octanol–water partition coefficient (Wildman–Crippen LogP) is 2.35. The molecule has 0 saturated carbocycles. The maximum Gasteiger partial charge on any atom is 0.213 e.